The van der Waals surface area contributed by atoms with Crippen molar-refractivity contribution in [2.45, 2.75) is 32.6 Å². The van der Waals surface area contributed by atoms with E-state index in [1.807, 2.05) is 19.1 Å². The van der Waals surface area contributed by atoms with Crippen molar-refractivity contribution in [2.75, 3.05) is 26.9 Å². The Labute approximate surface area is 148 Å². The molecule has 6 heteroatoms. The third-order valence-corrected chi connectivity index (χ3v) is 4.48. The van der Waals surface area contributed by atoms with Crippen LogP contribution in [0.1, 0.15) is 32.6 Å². The van der Waals surface area contributed by atoms with Crippen LogP contribution in [0.15, 0.2) is 24.3 Å². The van der Waals surface area contributed by atoms with Gasteiger partial charge in [-0.25, -0.2) is 0 Å². The van der Waals surface area contributed by atoms with Gasteiger partial charge in [-0.3, -0.25) is 9.59 Å². The highest BCUT2D eigenvalue weighted by Crippen LogP contribution is 2.30. The number of esters is 1. The molecule has 1 N–H and O–H groups in total. The normalized spacial score (nSPS) is 19.8. The number of methoxy groups -OCH3 is 1. The number of para-hydroxylation sites is 2. The van der Waals surface area contributed by atoms with Crippen molar-refractivity contribution < 1.29 is 23.8 Å². The molecule has 1 aromatic carbocycles. The summed E-state index contributed by atoms with van der Waals surface area (Å²) in [6.45, 7) is 2.81. The number of hydrogen-bond acceptors (Lipinski definition) is 5. The van der Waals surface area contributed by atoms with Crippen molar-refractivity contribution in [3.05, 3.63) is 24.3 Å². The number of carbonyl (C=O) groups is 2. The van der Waals surface area contributed by atoms with Crippen molar-refractivity contribution in [2.24, 2.45) is 11.8 Å². The molecular weight excluding hydrogens is 322 g/mol. The van der Waals surface area contributed by atoms with Gasteiger partial charge >= 0.3 is 5.97 Å². The lowest BCUT2D eigenvalue weighted by atomic mass is 9.79. The summed E-state index contributed by atoms with van der Waals surface area (Å²) in [5.74, 6) is 0.779. The number of benzene rings is 1. The number of hydrogen-bond donors (Lipinski definition) is 1. The molecule has 1 aliphatic rings. The number of rotatable bonds is 8. The monoisotopic (exact) mass is 349 g/mol. The fourth-order valence-corrected chi connectivity index (χ4v) is 3.20. The maximum absolute atomic E-state index is 12.1. The van der Waals surface area contributed by atoms with Crippen LogP contribution in [0.2, 0.25) is 0 Å². The Balaban J connectivity index is 1.81. The minimum atomic E-state index is -0.208. The molecule has 1 amide bonds. The lowest BCUT2D eigenvalue weighted by Gasteiger charge is -2.29. The zero-order valence-corrected chi connectivity index (χ0v) is 15.0. The molecule has 0 saturated heterocycles. The van der Waals surface area contributed by atoms with Crippen molar-refractivity contribution in [3.8, 4) is 11.5 Å². The maximum atomic E-state index is 12.1. The van der Waals surface area contributed by atoms with Crippen molar-refractivity contribution in [1.82, 2.24) is 5.32 Å². The lowest BCUT2D eigenvalue weighted by molar-refractivity contribution is -0.148. The SMILES string of the molecule is CCOc1ccccc1OCC(=O)NCC1CCCCC1C(=O)OC. The van der Waals surface area contributed by atoms with Gasteiger partial charge in [0.2, 0.25) is 0 Å². The average Bonchev–Trinajstić information content (AvgIpc) is 2.65. The van der Waals surface area contributed by atoms with Gasteiger partial charge in [0.15, 0.2) is 18.1 Å². The Kier molecular flexibility index (Phi) is 7.57. The Morgan fingerprint density at radius 2 is 1.80 bits per heavy atom. The van der Waals surface area contributed by atoms with Gasteiger partial charge in [0.1, 0.15) is 0 Å². The fraction of sp³-hybridized carbons (Fsp3) is 0.579. The maximum Gasteiger partial charge on any atom is 0.309 e. The second-order valence-corrected chi connectivity index (χ2v) is 6.15. The Hall–Kier alpha value is -2.24. The first-order chi connectivity index (χ1) is 12.2. The van der Waals surface area contributed by atoms with E-state index in [0.717, 1.165) is 25.7 Å². The standard InChI is InChI=1S/C19H27NO5/c1-3-24-16-10-6-7-11-17(16)25-13-18(21)20-12-14-8-4-5-9-15(14)19(22)23-2/h6-7,10-11,14-15H,3-5,8-9,12-13H2,1-2H3,(H,20,21). The van der Waals surface area contributed by atoms with E-state index < -0.39 is 0 Å². The predicted octanol–water partition coefficient (Wildman–Crippen LogP) is 2.56. The molecular formula is C19H27NO5. The summed E-state index contributed by atoms with van der Waals surface area (Å²) in [6.07, 6.45) is 3.85. The van der Waals surface area contributed by atoms with Crippen LogP contribution in [0.3, 0.4) is 0 Å². The second kappa shape index (κ2) is 9.91. The molecule has 1 saturated carbocycles. The van der Waals surface area contributed by atoms with Crippen LogP contribution in [0.4, 0.5) is 0 Å². The number of ether oxygens (including phenoxy) is 3. The highest BCUT2D eigenvalue weighted by Gasteiger charge is 2.31. The molecule has 0 aromatic heterocycles. The van der Waals surface area contributed by atoms with Crippen LogP contribution in [0.25, 0.3) is 0 Å². The molecule has 1 fully saturated rings. The molecule has 0 aliphatic heterocycles. The van der Waals surface area contributed by atoms with E-state index in [-0.39, 0.29) is 30.3 Å². The molecule has 0 heterocycles. The minimum Gasteiger partial charge on any atom is -0.490 e. The number of nitrogens with one attached hydrogen (secondary N) is 1. The predicted molar refractivity (Wildman–Crippen MR) is 93.6 cm³/mol. The summed E-state index contributed by atoms with van der Waals surface area (Å²) in [5, 5.41) is 2.87. The van der Waals surface area contributed by atoms with Crippen LogP contribution in [-0.4, -0.2) is 38.7 Å². The van der Waals surface area contributed by atoms with E-state index in [1.54, 1.807) is 12.1 Å². The first-order valence-electron chi connectivity index (χ1n) is 8.84. The molecule has 2 unspecified atom stereocenters. The average molecular weight is 349 g/mol. The van der Waals surface area contributed by atoms with E-state index in [4.69, 9.17) is 14.2 Å². The van der Waals surface area contributed by atoms with Crippen molar-refractivity contribution in [1.29, 1.82) is 0 Å². The molecule has 2 rings (SSSR count). The van der Waals surface area contributed by atoms with E-state index in [2.05, 4.69) is 5.32 Å². The van der Waals surface area contributed by atoms with Gasteiger partial charge in [-0.2, -0.15) is 0 Å². The Morgan fingerprint density at radius 1 is 1.12 bits per heavy atom. The first kappa shape index (κ1) is 19.1. The number of carbonyl (C=O) groups excluding carboxylic acids is 2. The topological polar surface area (TPSA) is 73.9 Å². The highest BCUT2D eigenvalue weighted by atomic mass is 16.5. The van der Waals surface area contributed by atoms with Gasteiger partial charge in [-0.1, -0.05) is 25.0 Å². The molecule has 6 nitrogen and oxygen atoms in total. The van der Waals surface area contributed by atoms with E-state index >= 15 is 0 Å². The zero-order chi connectivity index (χ0) is 18.1. The summed E-state index contributed by atoms with van der Waals surface area (Å²) in [6, 6.07) is 7.26. The molecule has 2 atom stereocenters. The van der Waals surface area contributed by atoms with E-state index in [9.17, 15) is 9.59 Å². The summed E-state index contributed by atoms with van der Waals surface area (Å²) in [5.41, 5.74) is 0. The van der Waals surface area contributed by atoms with Crippen molar-refractivity contribution >= 4 is 11.9 Å². The van der Waals surface area contributed by atoms with Gasteiger partial charge in [0, 0.05) is 6.54 Å². The molecule has 0 radical (unpaired) electrons. The number of amides is 1. The molecule has 138 valence electrons. The Morgan fingerprint density at radius 3 is 2.48 bits per heavy atom. The van der Waals surface area contributed by atoms with E-state index in [1.165, 1.54) is 7.11 Å². The lowest BCUT2D eigenvalue weighted by Crippen LogP contribution is -2.39. The largest absolute Gasteiger partial charge is 0.490 e. The summed E-state index contributed by atoms with van der Waals surface area (Å²) in [4.78, 5) is 23.9. The molecule has 1 aliphatic carbocycles. The fourth-order valence-electron chi connectivity index (χ4n) is 3.20. The van der Waals surface area contributed by atoms with Crippen LogP contribution in [0.5, 0.6) is 11.5 Å². The van der Waals surface area contributed by atoms with Gasteiger partial charge < -0.3 is 19.5 Å². The third-order valence-electron chi connectivity index (χ3n) is 4.48. The van der Waals surface area contributed by atoms with Gasteiger partial charge in [-0.15, -0.1) is 0 Å². The summed E-state index contributed by atoms with van der Waals surface area (Å²) in [7, 11) is 1.41. The highest BCUT2D eigenvalue weighted by molar-refractivity contribution is 5.78. The van der Waals surface area contributed by atoms with Crippen LogP contribution in [-0.2, 0) is 14.3 Å². The summed E-state index contributed by atoms with van der Waals surface area (Å²) < 4.78 is 15.9. The summed E-state index contributed by atoms with van der Waals surface area (Å²) >= 11 is 0. The minimum absolute atomic E-state index is 0.0836. The third kappa shape index (κ3) is 5.66. The Bertz CT molecular complexity index is 575. The molecule has 0 spiro atoms. The van der Waals surface area contributed by atoms with Gasteiger partial charge in [-0.05, 0) is 37.8 Å². The van der Waals surface area contributed by atoms with Crippen LogP contribution >= 0.6 is 0 Å². The van der Waals surface area contributed by atoms with Gasteiger partial charge in [0.25, 0.3) is 5.91 Å². The first-order valence-corrected chi connectivity index (χ1v) is 8.84. The van der Waals surface area contributed by atoms with E-state index in [0.29, 0.717) is 24.7 Å². The van der Waals surface area contributed by atoms with Gasteiger partial charge in [0.05, 0.1) is 19.6 Å². The van der Waals surface area contributed by atoms with Crippen LogP contribution < -0.4 is 14.8 Å². The molecule has 0 bridgehead atoms. The molecule has 25 heavy (non-hydrogen) atoms. The van der Waals surface area contributed by atoms with Crippen molar-refractivity contribution in [3.63, 3.8) is 0 Å². The smallest absolute Gasteiger partial charge is 0.309 e. The molecule has 1 aromatic rings. The zero-order valence-electron chi connectivity index (χ0n) is 15.0. The quantitative estimate of drug-likeness (QED) is 0.730. The second-order valence-electron chi connectivity index (χ2n) is 6.15. The van der Waals surface area contributed by atoms with Crippen LogP contribution in [0, 0.1) is 11.8 Å².